The van der Waals surface area contributed by atoms with Crippen LogP contribution in [-0.4, -0.2) is 18.3 Å². The molecule has 7 aliphatic rings. The summed E-state index contributed by atoms with van der Waals surface area (Å²) in [5, 5.41) is 10.3. The lowest BCUT2D eigenvalue weighted by Crippen LogP contribution is -2.56. The molecule has 0 spiro atoms. The molecule has 0 saturated heterocycles. The lowest BCUT2D eigenvalue weighted by Gasteiger charge is -2.64. The van der Waals surface area contributed by atoms with Crippen molar-refractivity contribution >= 4 is 0 Å². The topological polar surface area (TPSA) is 46.2 Å². The van der Waals surface area contributed by atoms with Crippen LogP contribution >= 0.6 is 0 Å². The second kappa shape index (κ2) is 7.15. The molecule has 0 aromatic rings. The first kappa shape index (κ1) is 18.3. The first-order valence-corrected chi connectivity index (χ1v) is 11.4. The molecule has 2 heteroatoms. The molecular weight excluding hydrogens is 306 g/mol. The van der Waals surface area contributed by atoms with E-state index in [1.54, 1.807) is 0 Å². The van der Waals surface area contributed by atoms with Crippen molar-refractivity contribution in [1.82, 2.24) is 0 Å². The molecule has 7 atom stereocenters. The van der Waals surface area contributed by atoms with Gasteiger partial charge in [0.25, 0.3) is 0 Å². The Bertz CT molecular complexity index is 465. The molecule has 7 unspecified atom stereocenters. The van der Waals surface area contributed by atoms with Crippen molar-refractivity contribution in [3.63, 3.8) is 0 Å². The smallest absolute Gasteiger partial charge is 0.0487 e. The van der Waals surface area contributed by atoms with Crippen LogP contribution in [0.3, 0.4) is 0 Å². The van der Waals surface area contributed by atoms with E-state index in [0.29, 0.717) is 12.0 Å². The third-order valence-corrected chi connectivity index (χ3v) is 9.58. The van der Waals surface area contributed by atoms with Crippen molar-refractivity contribution in [3.8, 4) is 0 Å². The minimum atomic E-state index is 0.180. The van der Waals surface area contributed by atoms with E-state index in [1.807, 2.05) is 0 Å². The number of rotatable bonds is 4. The molecule has 0 amide bonds. The molecule has 6 bridgehead atoms. The summed E-state index contributed by atoms with van der Waals surface area (Å²) in [6.45, 7) is 3.68. The Balaban J connectivity index is 1.70. The molecule has 0 radical (unpaired) electrons. The summed E-state index contributed by atoms with van der Waals surface area (Å²) < 4.78 is 0. The van der Waals surface area contributed by atoms with Crippen LogP contribution in [0.1, 0.15) is 90.4 Å². The highest BCUT2D eigenvalue weighted by Gasteiger charge is 2.59. The molecule has 7 fully saturated rings. The monoisotopic (exact) mass is 347 g/mol. The summed E-state index contributed by atoms with van der Waals surface area (Å²) in [6, 6.07) is 0. The van der Waals surface area contributed by atoms with Crippen LogP contribution in [-0.2, 0) is 0 Å². The van der Waals surface area contributed by atoms with E-state index in [9.17, 15) is 5.11 Å². The Morgan fingerprint density at radius 1 is 1.00 bits per heavy atom. The average Bonchev–Trinajstić information content (AvgIpc) is 2.76. The summed E-state index contributed by atoms with van der Waals surface area (Å²) in [5.41, 5.74) is 6.76. The fourth-order valence-corrected chi connectivity index (χ4v) is 8.03. The fourth-order valence-electron chi connectivity index (χ4n) is 8.03. The van der Waals surface area contributed by atoms with E-state index in [0.717, 1.165) is 36.1 Å². The van der Waals surface area contributed by atoms with E-state index in [-0.39, 0.29) is 5.41 Å². The highest BCUT2D eigenvalue weighted by Crippen LogP contribution is 2.68. The molecule has 3 N–H and O–H groups in total. The van der Waals surface area contributed by atoms with Crippen LogP contribution in [0.2, 0.25) is 0 Å². The van der Waals surface area contributed by atoms with Crippen molar-refractivity contribution in [2.24, 2.45) is 46.2 Å². The first-order valence-electron chi connectivity index (χ1n) is 11.4. The molecule has 144 valence electrons. The largest absolute Gasteiger partial charge is 0.396 e. The van der Waals surface area contributed by atoms with E-state index in [1.165, 1.54) is 83.5 Å². The quantitative estimate of drug-likeness (QED) is 0.740. The summed E-state index contributed by atoms with van der Waals surface area (Å²) in [5.74, 6) is 4.63. The highest BCUT2D eigenvalue weighted by atomic mass is 16.3. The van der Waals surface area contributed by atoms with Crippen molar-refractivity contribution in [2.45, 2.75) is 90.4 Å². The molecule has 7 saturated carbocycles. The summed E-state index contributed by atoms with van der Waals surface area (Å²) in [7, 11) is 0. The average molecular weight is 348 g/mol. The summed E-state index contributed by atoms with van der Waals surface area (Å²) in [6.07, 6.45) is 18.3. The van der Waals surface area contributed by atoms with Crippen LogP contribution in [0, 0.1) is 40.4 Å². The minimum Gasteiger partial charge on any atom is -0.396 e. The van der Waals surface area contributed by atoms with Crippen molar-refractivity contribution in [1.29, 1.82) is 0 Å². The highest BCUT2D eigenvalue weighted by molar-refractivity contribution is 5.09. The maximum absolute atomic E-state index is 10.3. The number of hydrogen-bond acceptors (Lipinski definition) is 2. The van der Waals surface area contributed by atoms with Crippen molar-refractivity contribution in [3.05, 3.63) is 0 Å². The number of aliphatic hydroxyl groups excluding tert-OH is 1. The van der Waals surface area contributed by atoms with Crippen molar-refractivity contribution in [2.75, 3.05) is 13.2 Å². The number of nitrogens with two attached hydrogens (primary N) is 1. The number of hydrogen-bond donors (Lipinski definition) is 2. The Hall–Kier alpha value is -0.0800. The van der Waals surface area contributed by atoms with Gasteiger partial charge in [0.05, 0.1) is 0 Å². The van der Waals surface area contributed by atoms with Crippen LogP contribution in [0.25, 0.3) is 0 Å². The van der Waals surface area contributed by atoms with Crippen LogP contribution in [0.4, 0.5) is 0 Å². The molecule has 2 nitrogen and oxygen atoms in total. The van der Waals surface area contributed by atoms with Gasteiger partial charge in [-0.15, -0.1) is 0 Å². The van der Waals surface area contributed by atoms with Gasteiger partial charge in [0, 0.05) is 6.61 Å². The maximum Gasteiger partial charge on any atom is 0.0487 e. The summed E-state index contributed by atoms with van der Waals surface area (Å²) in [4.78, 5) is 0. The van der Waals surface area contributed by atoms with Crippen LogP contribution in [0.5, 0.6) is 0 Å². The standard InChI is InChI=1S/C23H41NO/c1-22(16-25)12-10-18-7-4-8-19(22)14-17-6-2-3-9-21-20(17)15-23(18,21)11-5-13-24/h17-21,25H,2-16,24H2,1H3. The molecule has 7 rings (SSSR count). The molecule has 7 aliphatic carbocycles. The van der Waals surface area contributed by atoms with Gasteiger partial charge in [0.2, 0.25) is 0 Å². The van der Waals surface area contributed by atoms with Crippen LogP contribution < -0.4 is 5.73 Å². The Morgan fingerprint density at radius 2 is 1.80 bits per heavy atom. The Labute approximate surface area is 155 Å². The van der Waals surface area contributed by atoms with E-state index < -0.39 is 0 Å². The van der Waals surface area contributed by atoms with E-state index in [4.69, 9.17) is 5.73 Å². The summed E-state index contributed by atoms with van der Waals surface area (Å²) >= 11 is 0. The van der Waals surface area contributed by atoms with Crippen LogP contribution in [0.15, 0.2) is 0 Å². The second-order valence-electron chi connectivity index (χ2n) is 10.6. The van der Waals surface area contributed by atoms with Gasteiger partial charge in [-0.3, -0.25) is 0 Å². The Kier molecular flexibility index (Phi) is 5.23. The third-order valence-electron chi connectivity index (χ3n) is 9.58. The molecular formula is C23H41NO. The fraction of sp³-hybridized carbons (Fsp3) is 1.00. The number of aliphatic hydroxyl groups is 1. The van der Waals surface area contributed by atoms with Crippen molar-refractivity contribution < 1.29 is 5.11 Å². The molecule has 0 heterocycles. The Morgan fingerprint density at radius 3 is 2.60 bits per heavy atom. The van der Waals surface area contributed by atoms with Gasteiger partial charge in [0.1, 0.15) is 0 Å². The lowest BCUT2D eigenvalue weighted by atomic mass is 9.41. The first-order chi connectivity index (χ1) is 12.1. The van der Waals surface area contributed by atoms with E-state index >= 15 is 0 Å². The van der Waals surface area contributed by atoms with Gasteiger partial charge in [0.15, 0.2) is 0 Å². The predicted octanol–water partition coefficient (Wildman–Crippen LogP) is 5.14. The zero-order chi connectivity index (χ0) is 17.5. The lowest BCUT2D eigenvalue weighted by molar-refractivity contribution is -0.149. The minimum absolute atomic E-state index is 0.180. The SMILES string of the molecule is CC1(CO)CCC2CCCC1CC1CCCCC3C1CC23CCCN. The predicted molar refractivity (Wildman–Crippen MR) is 104 cm³/mol. The normalized spacial score (nSPS) is 49.8. The van der Waals surface area contributed by atoms with Gasteiger partial charge < -0.3 is 10.8 Å². The maximum atomic E-state index is 10.3. The van der Waals surface area contributed by atoms with Gasteiger partial charge >= 0.3 is 0 Å². The van der Waals surface area contributed by atoms with Gasteiger partial charge in [-0.2, -0.15) is 0 Å². The second-order valence-corrected chi connectivity index (χ2v) is 10.6. The van der Waals surface area contributed by atoms with Gasteiger partial charge in [-0.1, -0.05) is 32.6 Å². The molecule has 0 aliphatic heterocycles. The van der Waals surface area contributed by atoms with Gasteiger partial charge in [-0.05, 0) is 105 Å². The molecule has 0 aromatic heterocycles. The molecule has 25 heavy (non-hydrogen) atoms. The third kappa shape index (κ3) is 3.00. The van der Waals surface area contributed by atoms with Gasteiger partial charge in [-0.25, -0.2) is 0 Å². The van der Waals surface area contributed by atoms with E-state index in [2.05, 4.69) is 6.92 Å². The zero-order valence-electron chi connectivity index (χ0n) is 16.5. The zero-order valence-corrected chi connectivity index (χ0v) is 16.5. The molecule has 0 aromatic carbocycles.